The third-order valence-electron chi connectivity index (χ3n) is 9.32. The largest absolute Gasteiger partial charge is 0.455 e. The maximum absolute atomic E-state index is 10.4. The number of hydrogen-bond acceptors (Lipinski definition) is 3. The van der Waals surface area contributed by atoms with Crippen LogP contribution in [0.1, 0.15) is 43.9 Å². The summed E-state index contributed by atoms with van der Waals surface area (Å²) >= 11 is 0. The number of nitrogens with zero attached hydrogens (tertiary/aromatic N) is 2. The molecule has 0 aliphatic heterocycles. The van der Waals surface area contributed by atoms with E-state index in [0.29, 0.717) is 15.5 Å². The lowest BCUT2D eigenvalue weighted by molar-refractivity contribution is 0.668. The van der Waals surface area contributed by atoms with Crippen LogP contribution in [0, 0.1) is 0 Å². The maximum Gasteiger partial charge on any atom is 0.159 e. The highest BCUT2D eigenvalue weighted by atomic mass is 16.3. The van der Waals surface area contributed by atoms with Gasteiger partial charge in [-0.3, -0.25) is 0 Å². The van der Waals surface area contributed by atoms with E-state index < -0.39 is 299 Å². The van der Waals surface area contributed by atoms with Crippen molar-refractivity contribution in [2.45, 2.75) is 0 Å². The second-order valence-electron chi connectivity index (χ2n) is 12.4. The Morgan fingerprint density at radius 2 is 1.02 bits per heavy atom. The molecule has 0 radical (unpaired) electrons. The molecule has 0 N–H and O–H groups in total. The van der Waals surface area contributed by atoms with Crippen LogP contribution in [0.3, 0.4) is 0 Å². The summed E-state index contributed by atoms with van der Waals surface area (Å²) in [7, 11) is 0. The summed E-state index contributed by atoms with van der Waals surface area (Å²) in [6.07, 6.45) is 0. The van der Waals surface area contributed by atoms with Crippen LogP contribution >= 0.6 is 0 Å². The number of aromatic nitrogens is 1. The fraction of sp³-hybridized carbons (Fsp3) is 0. The van der Waals surface area contributed by atoms with Crippen LogP contribution in [0.4, 0.5) is 17.1 Å². The van der Waals surface area contributed by atoms with Gasteiger partial charge in [0, 0.05) is 49.3 Å². The van der Waals surface area contributed by atoms with Crippen LogP contribution < -0.4 is 4.90 Å². The monoisotopic (exact) mass is 774 g/mol. The van der Waals surface area contributed by atoms with E-state index in [-0.39, 0.29) is 5.39 Å². The summed E-state index contributed by atoms with van der Waals surface area (Å²) in [6, 6.07) is -29.3. The summed E-state index contributed by atoms with van der Waals surface area (Å²) in [5.74, 6) is 0. The zero-order chi connectivity index (χ0) is 66.0. The third kappa shape index (κ3) is 4.95. The first-order valence-electron chi connectivity index (χ1n) is 33.1. The lowest BCUT2D eigenvalue weighted by Gasteiger charge is -2.28. The minimum absolute atomic E-state index is 0.355. The van der Waals surface area contributed by atoms with E-state index in [1.807, 2.05) is 0 Å². The highest BCUT2D eigenvalue weighted by Gasteiger charge is 2.26. The van der Waals surface area contributed by atoms with E-state index in [0.717, 1.165) is 6.07 Å². The molecule has 4 heteroatoms. The number of para-hydroxylation sites is 5. The maximum atomic E-state index is 10.4. The Balaban J connectivity index is 1.38. The van der Waals surface area contributed by atoms with Gasteiger partial charge in [0.1, 0.15) is 16.7 Å². The second kappa shape index (κ2) is 12.9. The molecule has 0 amide bonds. The average Bonchev–Trinajstić information content (AvgIpc) is 1.46. The molecule has 0 unspecified atom stereocenters. The van der Waals surface area contributed by atoms with Crippen molar-refractivity contribution in [3.05, 3.63) is 205 Å². The van der Waals surface area contributed by atoms with Crippen LogP contribution in [0.2, 0.25) is 0 Å². The first-order valence-corrected chi connectivity index (χ1v) is 17.1. The summed E-state index contributed by atoms with van der Waals surface area (Å²) in [4.78, 5) is 0.560. The van der Waals surface area contributed by atoms with Crippen molar-refractivity contribution in [1.29, 1.82) is 0 Å². The van der Waals surface area contributed by atoms with Crippen molar-refractivity contribution in [3.8, 4) is 27.9 Å². The van der Waals surface area contributed by atoms with Crippen molar-refractivity contribution in [3.63, 3.8) is 0 Å². The van der Waals surface area contributed by atoms with Crippen molar-refractivity contribution < 1.29 is 52.7 Å². The molecule has 0 fully saturated rings. The first kappa shape index (κ1) is 14.0. The highest BCUT2D eigenvalue weighted by Crippen LogP contribution is 2.49. The van der Waals surface area contributed by atoms with E-state index in [1.165, 1.54) is 0 Å². The van der Waals surface area contributed by atoms with Gasteiger partial charge in [-0.25, -0.2) is 0 Å². The van der Waals surface area contributed by atoms with Gasteiger partial charge in [0.15, 0.2) is 5.58 Å². The number of hydrogen-bond donors (Lipinski definition) is 0. The van der Waals surface area contributed by atoms with Gasteiger partial charge < -0.3 is 18.3 Å². The lowest BCUT2D eigenvalue weighted by atomic mass is 9.97. The topological polar surface area (TPSA) is 34.5 Å². The molecule has 0 aliphatic carbocycles. The smallest absolute Gasteiger partial charge is 0.159 e. The molecule has 58 heavy (non-hydrogen) atoms. The Kier molecular flexibility index (Phi) is 3.10. The minimum Gasteiger partial charge on any atom is -0.455 e. The molecule has 0 atom stereocenters. The predicted octanol–water partition coefficient (Wildman–Crippen LogP) is 15.4. The molecule has 4 nitrogen and oxygen atoms in total. The van der Waals surface area contributed by atoms with Crippen LogP contribution in [-0.4, -0.2) is 4.57 Å². The van der Waals surface area contributed by atoms with Gasteiger partial charge in [-0.2, -0.15) is 0 Å². The fourth-order valence-electron chi connectivity index (χ4n) is 6.88. The number of anilines is 3. The Morgan fingerprint density at radius 3 is 1.84 bits per heavy atom. The average molecular weight is 775 g/mol. The first-order chi connectivity index (χ1) is 42.1. The standard InChI is InChI=1S/C54H34N2O2/c1-2-14-35(15-3-1)36-28-30-38(31-29-36)55(49-25-13-22-44-42-20-6-10-26-50(42)57-53(44)49)48-33-32-45-43-21-7-11-27-51(43)58-54(45)52(48)37-16-12-17-39(34-37)56-46-23-8-4-18-40(46)41-19-5-9-24-47(41)56/h1-34H/i1D,2D,3D,4D,5D,6D,7D,8D,9D,10D,11D,12D,13D,14D,15D,16D,17D,18D,19D,20D,22D,23D,24D,25D,26D,27D,28D,29D,30D,32D,33D,34D. The van der Waals surface area contributed by atoms with Gasteiger partial charge in [0.05, 0.1) is 66.3 Å². The second-order valence-corrected chi connectivity index (χ2v) is 12.4. The quantitative estimate of drug-likeness (QED) is 0.169. The molecule has 0 saturated carbocycles. The molecular weight excluding hydrogens is 709 g/mol. The predicted molar refractivity (Wildman–Crippen MR) is 241 cm³/mol. The van der Waals surface area contributed by atoms with Gasteiger partial charge in [-0.1, -0.05) is 139 Å². The molecule has 0 saturated heterocycles. The summed E-state index contributed by atoms with van der Waals surface area (Å²) in [5.41, 5.74) is -11.9. The van der Waals surface area contributed by atoms with Gasteiger partial charge in [-0.05, 0) is 83.2 Å². The number of furan rings is 2. The number of benzene rings is 9. The minimum atomic E-state index is -1.20. The van der Waals surface area contributed by atoms with E-state index >= 15 is 0 Å². The molecule has 9 aromatic carbocycles. The molecule has 0 bridgehead atoms. The summed E-state index contributed by atoms with van der Waals surface area (Å²) in [6.45, 7) is 0. The number of fused-ring (bicyclic) bond motifs is 9. The van der Waals surface area contributed by atoms with Crippen LogP contribution in [0.25, 0.3) is 93.6 Å². The lowest BCUT2D eigenvalue weighted by Crippen LogP contribution is -2.11. The van der Waals surface area contributed by atoms with Crippen molar-refractivity contribution in [2.24, 2.45) is 0 Å². The van der Waals surface area contributed by atoms with Crippen LogP contribution in [0.15, 0.2) is 214 Å². The normalized spacial score (nSPS) is 19.5. The fourth-order valence-corrected chi connectivity index (χ4v) is 6.88. The van der Waals surface area contributed by atoms with E-state index in [9.17, 15) is 19.2 Å². The Bertz CT molecular complexity index is 5310. The van der Waals surface area contributed by atoms with Gasteiger partial charge in [-0.15, -0.1) is 0 Å². The molecule has 12 aromatic rings. The molecule has 3 aromatic heterocycles. The van der Waals surface area contributed by atoms with Crippen molar-refractivity contribution >= 4 is 82.7 Å². The SMILES string of the molecule is [2H]c1cc2c(oc3c(-c4c([2H])c([2H])c([2H])c(-n5c6c([2H])c([2H])c([2H])c([2H])c6c6c([2H])c([2H])c([2H])c([2H])c65)c4[2H])c(N(c4cc([2H])c(-c5c([2H])c([2H])c([2H])c([2H])c5[2H])c([2H])c4[2H])c4c([2H])c([2H])c([2H])c5c4oc4c([2H])c([2H])c([2H])c([2H])c45)c([2H])c([2H])c32)c([2H])c1[2H]. The Labute approximate surface area is 379 Å². The van der Waals surface area contributed by atoms with E-state index in [2.05, 4.69) is 0 Å². The molecular formula is C54H34N2O2. The van der Waals surface area contributed by atoms with Crippen molar-refractivity contribution in [2.75, 3.05) is 4.90 Å². The molecule has 272 valence electrons. The Morgan fingerprint density at radius 1 is 0.397 bits per heavy atom. The Hall–Kier alpha value is -7.82. The molecule has 0 spiro atoms. The number of rotatable bonds is 6. The zero-order valence-electron chi connectivity index (χ0n) is 60.9. The van der Waals surface area contributed by atoms with Gasteiger partial charge in [0.2, 0.25) is 0 Å². The van der Waals surface area contributed by atoms with Gasteiger partial charge >= 0.3 is 0 Å². The molecule has 3 heterocycles. The van der Waals surface area contributed by atoms with Crippen LogP contribution in [-0.2, 0) is 0 Å². The molecule has 0 aliphatic rings. The van der Waals surface area contributed by atoms with E-state index in [4.69, 9.17) is 33.5 Å². The van der Waals surface area contributed by atoms with Crippen LogP contribution in [0.5, 0.6) is 0 Å². The zero-order valence-corrected chi connectivity index (χ0v) is 28.9. The van der Waals surface area contributed by atoms with Crippen molar-refractivity contribution in [1.82, 2.24) is 4.57 Å². The van der Waals surface area contributed by atoms with Gasteiger partial charge in [0.25, 0.3) is 0 Å². The third-order valence-corrected chi connectivity index (χ3v) is 9.32. The van der Waals surface area contributed by atoms with E-state index in [1.54, 1.807) is 0 Å². The summed E-state index contributed by atoms with van der Waals surface area (Å²) in [5, 5.41) is -3.27. The summed E-state index contributed by atoms with van der Waals surface area (Å²) < 4.78 is 306. The molecule has 12 rings (SSSR count). The highest BCUT2D eigenvalue weighted by molar-refractivity contribution is 6.16.